The lowest BCUT2D eigenvalue weighted by atomic mass is 10.2. The third kappa shape index (κ3) is 4.70. The summed E-state index contributed by atoms with van der Waals surface area (Å²) in [6.45, 7) is 7.25. The van der Waals surface area contributed by atoms with Gasteiger partial charge in [-0.2, -0.15) is 5.10 Å². The Kier molecular flexibility index (Phi) is 6.08. The van der Waals surface area contributed by atoms with E-state index in [0.29, 0.717) is 0 Å². The zero-order valence-corrected chi connectivity index (χ0v) is 16.5. The molecule has 2 aliphatic heterocycles. The summed E-state index contributed by atoms with van der Waals surface area (Å²) in [5.74, 6) is 1.90. The lowest BCUT2D eigenvalue weighted by Crippen LogP contribution is -2.46. The van der Waals surface area contributed by atoms with Gasteiger partial charge in [0.1, 0.15) is 5.82 Å². The van der Waals surface area contributed by atoms with Crippen LogP contribution in [0.25, 0.3) is 4.91 Å². The molecule has 0 amide bonds. The number of thioether (sulfide) groups is 1. The molecular formula is C19H26N6OS. The number of hydrogen-bond acceptors (Lipinski definition) is 7. The molecule has 0 unspecified atom stereocenters. The van der Waals surface area contributed by atoms with E-state index in [4.69, 9.17) is 4.74 Å². The number of aromatic nitrogens is 3. The number of ether oxygens (including phenoxy) is 1. The molecule has 27 heavy (non-hydrogen) atoms. The Morgan fingerprint density at radius 1 is 1.22 bits per heavy atom. The fourth-order valence-corrected chi connectivity index (χ4v) is 4.36. The van der Waals surface area contributed by atoms with Crippen molar-refractivity contribution in [3.05, 3.63) is 48.1 Å². The molecule has 1 fully saturated rings. The molecule has 144 valence electrons. The van der Waals surface area contributed by atoms with Crippen LogP contribution < -0.4 is 4.90 Å². The lowest BCUT2D eigenvalue weighted by molar-refractivity contribution is 0.0938. The van der Waals surface area contributed by atoms with E-state index in [0.717, 1.165) is 63.1 Å². The summed E-state index contributed by atoms with van der Waals surface area (Å²) in [5, 5.41) is 6.91. The number of nitrogens with one attached hydrogen (secondary N) is 1. The Morgan fingerprint density at radius 2 is 2.07 bits per heavy atom. The van der Waals surface area contributed by atoms with Crippen molar-refractivity contribution in [2.75, 3.05) is 57.2 Å². The number of nitrogens with zero attached hydrogens (tertiary/aromatic N) is 5. The molecule has 8 heteroatoms. The second-order valence-corrected chi connectivity index (χ2v) is 7.84. The molecule has 0 spiro atoms. The molecule has 2 aromatic rings. The van der Waals surface area contributed by atoms with Gasteiger partial charge in [0.05, 0.1) is 18.7 Å². The first kappa shape index (κ1) is 18.5. The average Bonchev–Trinajstić information content (AvgIpc) is 3.39. The number of methoxy groups -OCH3 is 1. The standard InChI is InChI=1S/C19H26N6OS/c1-26-9-8-23-4-6-24(7-5-23)13-16-2-3-20-19(10-16)25-14-18(27-15-25)17-11-21-22-12-17/h2-3,10-12,14H,4-9,13,15H2,1H3,(H,21,22). The highest BCUT2D eigenvalue weighted by Gasteiger charge is 2.19. The highest BCUT2D eigenvalue weighted by molar-refractivity contribution is 8.08. The third-order valence-corrected chi connectivity index (χ3v) is 6.06. The molecule has 0 radical (unpaired) electrons. The van der Waals surface area contributed by atoms with Crippen LogP contribution in [0.2, 0.25) is 0 Å². The van der Waals surface area contributed by atoms with E-state index >= 15 is 0 Å². The fourth-order valence-electron chi connectivity index (χ4n) is 3.40. The van der Waals surface area contributed by atoms with Crippen molar-refractivity contribution in [3.8, 4) is 0 Å². The summed E-state index contributed by atoms with van der Waals surface area (Å²) in [5.41, 5.74) is 2.45. The summed E-state index contributed by atoms with van der Waals surface area (Å²) < 4.78 is 5.18. The monoisotopic (exact) mass is 386 g/mol. The smallest absolute Gasteiger partial charge is 0.133 e. The molecule has 0 saturated carbocycles. The van der Waals surface area contributed by atoms with E-state index in [2.05, 4.69) is 48.2 Å². The van der Waals surface area contributed by atoms with Gasteiger partial charge < -0.3 is 9.64 Å². The minimum Gasteiger partial charge on any atom is -0.383 e. The van der Waals surface area contributed by atoms with E-state index in [-0.39, 0.29) is 0 Å². The number of piperazine rings is 1. The van der Waals surface area contributed by atoms with E-state index in [1.807, 2.05) is 30.4 Å². The van der Waals surface area contributed by atoms with E-state index < -0.39 is 0 Å². The predicted octanol–water partition coefficient (Wildman–Crippen LogP) is 2.08. The summed E-state index contributed by atoms with van der Waals surface area (Å²) >= 11 is 1.81. The number of pyridine rings is 1. The van der Waals surface area contributed by atoms with Crippen LogP contribution in [0.1, 0.15) is 11.1 Å². The second-order valence-electron chi connectivity index (χ2n) is 6.86. The zero-order valence-electron chi connectivity index (χ0n) is 15.7. The number of aromatic amines is 1. The minimum absolute atomic E-state index is 0.815. The van der Waals surface area contributed by atoms with Gasteiger partial charge in [-0.05, 0) is 17.7 Å². The molecule has 1 N–H and O–H groups in total. The average molecular weight is 387 g/mol. The van der Waals surface area contributed by atoms with Crippen LogP contribution in [0.5, 0.6) is 0 Å². The van der Waals surface area contributed by atoms with Gasteiger partial charge in [0, 0.05) is 75.4 Å². The molecular weight excluding hydrogens is 360 g/mol. The first-order valence-corrected chi connectivity index (χ1v) is 10.3. The number of H-pyrrole nitrogens is 1. The van der Waals surface area contributed by atoms with Gasteiger partial charge in [-0.15, -0.1) is 11.8 Å². The van der Waals surface area contributed by atoms with E-state index in [1.165, 1.54) is 10.5 Å². The summed E-state index contributed by atoms with van der Waals surface area (Å²) in [4.78, 5) is 13.0. The van der Waals surface area contributed by atoms with Crippen molar-refractivity contribution >= 4 is 22.5 Å². The Morgan fingerprint density at radius 3 is 2.85 bits per heavy atom. The largest absolute Gasteiger partial charge is 0.383 e. The van der Waals surface area contributed by atoms with Crippen LogP contribution in [-0.4, -0.2) is 77.3 Å². The molecule has 4 heterocycles. The molecule has 7 nitrogen and oxygen atoms in total. The van der Waals surface area contributed by atoms with Gasteiger partial charge in [-0.25, -0.2) is 4.98 Å². The van der Waals surface area contributed by atoms with Crippen LogP contribution in [0, 0.1) is 0 Å². The zero-order chi connectivity index (χ0) is 18.5. The summed E-state index contributed by atoms with van der Waals surface area (Å²) in [6, 6.07) is 4.34. The topological polar surface area (TPSA) is 60.5 Å². The van der Waals surface area contributed by atoms with Gasteiger partial charge in [-0.1, -0.05) is 0 Å². The Labute approximate surface area is 164 Å². The maximum atomic E-state index is 5.18. The maximum Gasteiger partial charge on any atom is 0.133 e. The van der Waals surface area contributed by atoms with Crippen molar-refractivity contribution in [1.29, 1.82) is 0 Å². The van der Waals surface area contributed by atoms with Crippen molar-refractivity contribution in [1.82, 2.24) is 25.0 Å². The normalized spacial score (nSPS) is 18.9. The van der Waals surface area contributed by atoms with Crippen molar-refractivity contribution in [3.63, 3.8) is 0 Å². The van der Waals surface area contributed by atoms with Gasteiger partial charge in [0.15, 0.2) is 0 Å². The molecule has 4 rings (SSSR count). The fraction of sp³-hybridized carbons (Fsp3) is 0.474. The molecule has 1 saturated heterocycles. The maximum absolute atomic E-state index is 5.18. The van der Waals surface area contributed by atoms with Crippen LogP contribution >= 0.6 is 11.8 Å². The van der Waals surface area contributed by atoms with Crippen LogP contribution in [0.15, 0.2) is 36.9 Å². The van der Waals surface area contributed by atoms with E-state index in [1.54, 1.807) is 7.11 Å². The van der Waals surface area contributed by atoms with Gasteiger partial charge in [-0.3, -0.25) is 14.9 Å². The Hall–Kier alpha value is -1.87. The molecule has 0 bridgehead atoms. The van der Waals surface area contributed by atoms with Gasteiger partial charge in [0.2, 0.25) is 0 Å². The number of hydrogen-bond donors (Lipinski definition) is 1. The highest BCUT2D eigenvalue weighted by Crippen LogP contribution is 2.35. The first-order valence-electron chi connectivity index (χ1n) is 9.31. The Balaban J connectivity index is 1.35. The van der Waals surface area contributed by atoms with Crippen molar-refractivity contribution in [2.24, 2.45) is 0 Å². The quantitative estimate of drug-likeness (QED) is 0.782. The second kappa shape index (κ2) is 8.88. The van der Waals surface area contributed by atoms with Crippen LogP contribution in [0.3, 0.4) is 0 Å². The highest BCUT2D eigenvalue weighted by atomic mass is 32.2. The Bertz CT molecular complexity index is 757. The number of anilines is 1. The lowest BCUT2D eigenvalue weighted by Gasteiger charge is -2.34. The molecule has 2 aliphatic rings. The van der Waals surface area contributed by atoms with Gasteiger partial charge >= 0.3 is 0 Å². The molecule has 0 aliphatic carbocycles. The molecule has 2 aromatic heterocycles. The van der Waals surface area contributed by atoms with Crippen LogP contribution in [-0.2, 0) is 11.3 Å². The summed E-state index contributed by atoms with van der Waals surface area (Å²) in [6.07, 6.45) is 7.88. The SMILES string of the molecule is COCCN1CCN(Cc2ccnc(N3C=C(c4cn[nH]c4)SC3)c2)CC1. The minimum atomic E-state index is 0.815. The van der Waals surface area contributed by atoms with E-state index in [9.17, 15) is 0 Å². The summed E-state index contributed by atoms with van der Waals surface area (Å²) in [7, 11) is 1.77. The predicted molar refractivity (Wildman–Crippen MR) is 109 cm³/mol. The van der Waals surface area contributed by atoms with Crippen molar-refractivity contribution < 1.29 is 4.74 Å². The number of rotatable bonds is 7. The van der Waals surface area contributed by atoms with Gasteiger partial charge in [0.25, 0.3) is 0 Å². The molecule has 0 aromatic carbocycles. The third-order valence-electron chi connectivity index (χ3n) is 5.00. The van der Waals surface area contributed by atoms with Crippen molar-refractivity contribution in [2.45, 2.75) is 6.54 Å². The molecule has 0 atom stereocenters. The first-order chi connectivity index (χ1) is 13.3. The van der Waals surface area contributed by atoms with Crippen LogP contribution in [0.4, 0.5) is 5.82 Å².